The Bertz CT molecular complexity index is 1620. The summed E-state index contributed by atoms with van der Waals surface area (Å²) in [6, 6.07) is 19.4. The highest BCUT2D eigenvalue weighted by molar-refractivity contribution is 6.11. The first-order valence-electron chi connectivity index (χ1n) is 14.7. The third kappa shape index (κ3) is 6.65. The zero-order chi connectivity index (χ0) is 29.2. The minimum absolute atomic E-state index is 0. The van der Waals surface area contributed by atoms with Crippen LogP contribution >= 0.6 is 24.8 Å². The van der Waals surface area contributed by atoms with Gasteiger partial charge in [0.1, 0.15) is 11.3 Å². The van der Waals surface area contributed by atoms with E-state index in [1.807, 2.05) is 41.3 Å². The molecule has 0 unspecified atom stereocenters. The molecule has 0 atom stereocenters. The second-order valence-electron chi connectivity index (χ2n) is 11.4. The quantitative estimate of drug-likeness (QED) is 0.262. The number of hydrogen-bond acceptors (Lipinski definition) is 6. The highest BCUT2D eigenvalue weighted by atomic mass is 35.5. The molecule has 3 heterocycles. The summed E-state index contributed by atoms with van der Waals surface area (Å²) in [5, 5.41) is 3.03. The van der Waals surface area contributed by atoms with Crippen LogP contribution in [0.15, 0.2) is 60.7 Å². The molecule has 9 nitrogen and oxygen atoms in total. The van der Waals surface area contributed by atoms with Crippen molar-refractivity contribution in [3.63, 3.8) is 0 Å². The zero-order valence-corrected chi connectivity index (χ0v) is 27.0. The molecule has 1 saturated heterocycles. The number of aryl methyl sites for hydroxylation is 1. The van der Waals surface area contributed by atoms with Crippen LogP contribution in [0, 0.1) is 0 Å². The van der Waals surface area contributed by atoms with Gasteiger partial charge >= 0.3 is 0 Å². The third-order valence-electron chi connectivity index (χ3n) is 8.54. The summed E-state index contributed by atoms with van der Waals surface area (Å²) in [6.45, 7) is 2.51. The summed E-state index contributed by atoms with van der Waals surface area (Å²) in [6.07, 6.45) is 5.10. The van der Waals surface area contributed by atoms with E-state index < -0.39 is 0 Å². The van der Waals surface area contributed by atoms with E-state index in [2.05, 4.69) is 40.3 Å². The smallest absolute Gasteiger partial charge is 0.259 e. The number of hydrogen-bond donors (Lipinski definition) is 2. The summed E-state index contributed by atoms with van der Waals surface area (Å²) < 4.78 is 5.61. The predicted molar refractivity (Wildman–Crippen MR) is 182 cm³/mol. The first kappa shape index (κ1) is 33.1. The van der Waals surface area contributed by atoms with Gasteiger partial charge in [-0.05, 0) is 88.2 Å². The molecule has 2 aliphatic heterocycles. The predicted octanol–water partition coefficient (Wildman–Crippen LogP) is 6.18. The number of rotatable bonds is 6. The molecule has 3 aromatic carbocycles. The van der Waals surface area contributed by atoms with Gasteiger partial charge in [-0.25, -0.2) is 4.98 Å². The van der Waals surface area contributed by atoms with Gasteiger partial charge in [0.05, 0.1) is 23.9 Å². The van der Waals surface area contributed by atoms with Crippen LogP contribution in [0.3, 0.4) is 0 Å². The third-order valence-corrected chi connectivity index (χ3v) is 8.54. The van der Waals surface area contributed by atoms with Gasteiger partial charge in [-0.15, -0.1) is 24.8 Å². The molecule has 4 aromatic rings. The molecular formula is C33H40Cl2N6O3. The Morgan fingerprint density at radius 3 is 2.50 bits per heavy atom. The molecule has 0 spiro atoms. The van der Waals surface area contributed by atoms with E-state index in [1.54, 1.807) is 18.2 Å². The maximum absolute atomic E-state index is 13.6. The van der Waals surface area contributed by atoms with Gasteiger partial charge in [-0.3, -0.25) is 9.59 Å². The average molecular weight is 640 g/mol. The molecule has 2 amide bonds. The zero-order valence-electron chi connectivity index (χ0n) is 25.3. The molecule has 234 valence electrons. The number of methoxy groups -OCH3 is 1. The van der Waals surface area contributed by atoms with Crippen molar-refractivity contribution in [2.24, 2.45) is 0 Å². The maximum Gasteiger partial charge on any atom is 0.259 e. The number of benzene rings is 3. The number of aromatic nitrogens is 2. The molecule has 44 heavy (non-hydrogen) atoms. The molecule has 2 N–H and O–H groups in total. The number of ether oxygens (including phenoxy) is 1. The minimum atomic E-state index is -0.324. The van der Waals surface area contributed by atoms with Gasteiger partial charge in [0.2, 0.25) is 5.95 Å². The van der Waals surface area contributed by atoms with E-state index in [4.69, 9.17) is 9.72 Å². The van der Waals surface area contributed by atoms with Gasteiger partial charge in [-0.1, -0.05) is 24.3 Å². The Morgan fingerprint density at radius 1 is 0.977 bits per heavy atom. The SMILES string of the molecule is COc1cc(C(=O)N2CCCCc3ccccc32)ccc1C(=O)Nc1cccc2[nH]c(N3CCC(N(C)C)CC3)nc12.Cl.Cl. The monoisotopic (exact) mass is 638 g/mol. The van der Waals surface area contributed by atoms with Crippen molar-refractivity contribution in [1.82, 2.24) is 14.9 Å². The Hall–Kier alpha value is -3.79. The summed E-state index contributed by atoms with van der Waals surface area (Å²) in [4.78, 5) is 41.8. The normalized spacial score (nSPS) is 15.2. The van der Waals surface area contributed by atoms with Crippen molar-refractivity contribution >= 4 is 65.0 Å². The number of fused-ring (bicyclic) bond motifs is 2. The Balaban J connectivity index is 0.00000221. The fourth-order valence-electron chi connectivity index (χ4n) is 6.12. The molecule has 0 radical (unpaired) electrons. The van der Waals surface area contributed by atoms with Crippen LogP contribution in [-0.2, 0) is 6.42 Å². The number of H-pyrrole nitrogens is 1. The number of carbonyl (C=O) groups excluding carboxylic acids is 2. The van der Waals surface area contributed by atoms with Crippen molar-refractivity contribution in [3.8, 4) is 5.75 Å². The largest absolute Gasteiger partial charge is 0.496 e. The highest BCUT2D eigenvalue weighted by Gasteiger charge is 2.25. The number of amides is 2. The molecule has 0 aliphatic carbocycles. The molecule has 2 aliphatic rings. The Morgan fingerprint density at radius 2 is 1.75 bits per heavy atom. The van der Waals surface area contributed by atoms with E-state index in [-0.39, 0.29) is 36.6 Å². The number of halogens is 2. The van der Waals surface area contributed by atoms with Crippen LogP contribution < -0.4 is 19.9 Å². The van der Waals surface area contributed by atoms with Crippen LogP contribution in [0.25, 0.3) is 11.0 Å². The maximum atomic E-state index is 13.6. The minimum Gasteiger partial charge on any atom is -0.496 e. The van der Waals surface area contributed by atoms with E-state index in [0.29, 0.717) is 40.7 Å². The number of imidazole rings is 1. The number of nitrogens with one attached hydrogen (secondary N) is 2. The van der Waals surface area contributed by atoms with Crippen molar-refractivity contribution in [3.05, 3.63) is 77.4 Å². The van der Waals surface area contributed by atoms with Gasteiger partial charge < -0.3 is 29.7 Å². The summed E-state index contributed by atoms with van der Waals surface area (Å²) in [7, 11) is 5.78. The van der Waals surface area contributed by atoms with Crippen molar-refractivity contribution < 1.29 is 14.3 Å². The summed E-state index contributed by atoms with van der Waals surface area (Å²) >= 11 is 0. The fraction of sp³-hybridized carbons (Fsp3) is 0.364. The first-order valence-corrected chi connectivity index (χ1v) is 14.7. The number of piperidine rings is 1. The second-order valence-corrected chi connectivity index (χ2v) is 11.4. The number of para-hydroxylation sites is 2. The fourth-order valence-corrected chi connectivity index (χ4v) is 6.12. The van der Waals surface area contributed by atoms with Crippen LogP contribution in [0.5, 0.6) is 5.75 Å². The Labute approximate surface area is 270 Å². The van der Waals surface area contributed by atoms with E-state index in [9.17, 15) is 9.59 Å². The van der Waals surface area contributed by atoms with Crippen LogP contribution in [0.4, 0.5) is 17.3 Å². The van der Waals surface area contributed by atoms with Gasteiger partial charge in [0.25, 0.3) is 11.8 Å². The molecule has 11 heteroatoms. The van der Waals surface area contributed by atoms with E-state index in [0.717, 1.165) is 62.3 Å². The average Bonchev–Trinajstić information content (AvgIpc) is 3.35. The topological polar surface area (TPSA) is 93.8 Å². The highest BCUT2D eigenvalue weighted by Crippen LogP contribution is 2.31. The molecule has 1 aromatic heterocycles. The number of carbonyl (C=O) groups is 2. The van der Waals surface area contributed by atoms with Crippen molar-refractivity contribution in [2.75, 3.05) is 56.0 Å². The lowest BCUT2D eigenvalue weighted by molar-refractivity contribution is 0.0982. The number of nitrogens with zero attached hydrogens (tertiary/aromatic N) is 4. The van der Waals surface area contributed by atoms with Gasteiger partial charge in [-0.2, -0.15) is 0 Å². The van der Waals surface area contributed by atoms with E-state index in [1.165, 1.54) is 12.7 Å². The first-order chi connectivity index (χ1) is 20.4. The van der Waals surface area contributed by atoms with Crippen LogP contribution in [0.2, 0.25) is 0 Å². The number of anilines is 3. The Kier molecular flexibility index (Phi) is 10.8. The lowest BCUT2D eigenvalue weighted by atomic mass is 10.0. The number of aromatic amines is 1. The standard InChI is InChI=1S/C33H38N6O3.2ClH/c1-37(2)24-16-19-38(20-17-24)33-35-27-12-8-11-26(30(27)36-33)34-31(40)25-15-14-23(21-29(25)42-3)32(41)39-18-7-6-10-22-9-4-5-13-28(22)39;;/h4-5,8-9,11-15,21,24H,6-7,10,16-20H2,1-3H3,(H,34,40)(H,35,36);2*1H. The summed E-state index contributed by atoms with van der Waals surface area (Å²) in [5.41, 5.74) is 5.16. The molecule has 0 saturated carbocycles. The second kappa shape index (κ2) is 14.3. The molecule has 0 bridgehead atoms. The lowest BCUT2D eigenvalue weighted by Gasteiger charge is -2.34. The molecule has 1 fully saturated rings. The van der Waals surface area contributed by atoms with Gasteiger partial charge in [0, 0.05) is 36.9 Å². The van der Waals surface area contributed by atoms with Crippen LogP contribution in [-0.4, -0.2) is 73.6 Å². The van der Waals surface area contributed by atoms with E-state index >= 15 is 0 Å². The van der Waals surface area contributed by atoms with Crippen molar-refractivity contribution in [2.45, 2.75) is 38.1 Å². The summed E-state index contributed by atoms with van der Waals surface area (Å²) in [5.74, 6) is 0.743. The van der Waals surface area contributed by atoms with Crippen molar-refractivity contribution in [1.29, 1.82) is 0 Å². The molecular weight excluding hydrogens is 599 g/mol. The van der Waals surface area contributed by atoms with Gasteiger partial charge in [0.15, 0.2) is 0 Å². The molecule has 6 rings (SSSR count). The van der Waals surface area contributed by atoms with Crippen LogP contribution in [0.1, 0.15) is 52.0 Å². The lowest BCUT2D eigenvalue weighted by Crippen LogP contribution is -2.42.